The summed E-state index contributed by atoms with van der Waals surface area (Å²) in [6, 6.07) is 1.76. The quantitative estimate of drug-likeness (QED) is 0.437. The summed E-state index contributed by atoms with van der Waals surface area (Å²) >= 11 is 0. The summed E-state index contributed by atoms with van der Waals surface area (Å²) in [5.74, 6) is -3.23. The molecule has 1 aromatic heterocycles. The van der Waals surface area contributed by atoms with Gasteiger partial charge < -0.3 is 18.6 Å². The zero-order chi connectivity index (χ0) is 25.7. The van der Waals surface area contributed by atoms with Gasteiger partial charge in [0.2, 0.25) is 0 Å². The fourth-order valence-electron chi connectivity index (χ4n) is 7.84. The molecule has 0 aromatic carbocycles. The van der Waals surface area contributed by atoms with Crippen molar-refractivity contribution < 1.29 is 37.8 Å². The van der Waals surface area contributed by atoms with Crippen molar-refractivity contribution in [3.63, 3.8) is 0 Å². The van der Waals surface area contributed by atoms with Crippen LogP contribution in [0, 0.1) is 34.5 Å². The molecule has 8 nitrogen and oxygen atoms in total. The molecular weight excluding hydrogens is 464 g/mol. The van der Waals surface area contributed by atoms with Crippen molar-refractivity contribution in [2.24, 2.45) is 34.5 Å². The Kier molecular flexibility index (Phi) is 6.50. The van der Waals surface area contributed by atoms with Crippen LogP contribution in [0.4, 0.5) is 0 Å². The third kappa shape index (κ3) is 3.97. The van der Waals surface area contributed by atoms with Crippen LogP contribution in [0.2, 0.25) is 0 Å². The maximum absolute atomic E-state index is 14.2. The molecule has 4 fully saturated rings. The van der Waals surface area contributed by atoms with E-state index in [2.05, 4.69) is 0 Å². The molecular formula is C28H36O8. The highest BCUT2D eigenvalue weighted by Crippen LogP contribution is 2.65. The Labute approximate surface area is 211 Å². The molecule has 3 aliphatic carbocycles. The van der Waals surface area contributed by atoms with Gasteiger partial charge >= 0.3 is 17.9 Å². The van der Waals surface area contributed by atoms with Crippen LogP contribution < -0.4 is 0 Å². The van der Waals surface area contributed by atoms with Crippen molar-refractivity contribution in [1.82, 2.24) is 0 Å². The number of furan rings is 1. The number of hydrogen-bond donors (Lipinski definition) is 0. The maximum Gasteiger partial charge on any atom is 0.310 e. The van der Waals surface area contributed by atoms with E-state index in [1.165, 1.54) is 13.4 Å². The van der Waals surface area contributed by atoms with E-state index in [-0.39, 0.29) is 30.1 Å². The van der Waals surface area contributed by atoms with E-state index in [1.807, 2.05) is 13.8 Å². The highest BCUT2D eigenvalue weighted by Gasteiger charge is 2.68. The van der Waals surface area contributed by atoms with Gasteiger partial charge in [-0.1, -0.05) is 33.1 Å². The first-order valence-corrected chi connectivity index (χ1v) is 13.2. The Balaban J connectivity index is 1.50. The van der Waals surface area contributed by atoms with Crippen LogP contribution in [0.3, 0.4) is 0 Å². The van der Waals surface area contributed by atoms with Crippen LogP contribution in [0.25, 0.3) is 0 Å². The number of ether oxygens (including phenoxy) is 3. The molecule has 0 radical (unpaired) electrons. The number of Topliss-reactive ketones (excluding diaryl/α,β-unsaturated/α-hetero) is 1. The standard InChI is InChI=1S/C28H36O8/c1-27-11-9-18-26(32)36-21(17-10-12-34-15-17)14-28(18,2)23(27)22(29)20(13-19(27)25(31)33-3)35-24(30)16-7-5-4-6-8-16/h10,12,15-16,18-21,23H,4-9,11,13-14H2,1-3H3/t18-,19-,20-,21-,23-,27-,28-/m0/s1. The summed E-state index contributed by atoms with van der Waals surface area (Å²) in [6.07, 6.45) is 7.66. The lowest BCUT2D eigenvalue weighted by Gasteiger charge is -2.61. The monoisotopic (exact) mass is 500 g/mol. The first-order chi connectivity index (χ1) is 17.2. The van der Waals surface area contributed by atoms with Crippen LogP contribution in [0.1, 0.15) is 83.3 Å². The number of rotatable bonds is 4. The smallest absolute Gasteiger partial charge is 0.310 e. The van der Waals surface area contributed by atoms with Gasteiger partial charge in [-0.15, -0.1) is 0 Å². The molecule has 5 rings (SSSR count). The van der Waals surface area contributed by atoms with Gasteiger partial charge in [-0.05, 0) is 49.0 Å². The van der Waals surface area contributed by atoms with Gasteiger partial charge in [-0.3, -0.25) is 19.2 Å². The van der Waals surface area contributed by atoms with Crippen LogP contribution >= 0.6 is 0 Å². The molecule has 3 saturated carbocycles. The predicted octanol–water partition coefficient (Wildman–Crippen LogP) is 4.56. The highest BCUT2D eigenvalue weighted by molar-refractivity contribution is 5.93. The van der Waals surface area contributed by atoms with Gasteiger partial charge in [0.25, 0.3) is 0 Å². The third-order valence-electron chi connectivity index (χ3n) is 9.70. The number of carbonyl (C=O) groups is 4. The largest absolute Gasteiger partial charge is 0.472 e. The molecule has 8 heteroatoms. The van der Waals surface area contributed by atoms with Crippen molar-refractivity contribution in [3.05, 3.63) is 24.2 Å². The Morgan fingerprint density at radius 1 is 1.03 bits per heavy atom. The van der Waals surface area contributed by atoms with Crippen LogP contribution in [0.5, 0.6) is 0 Å². The zero-order valence-electron chi connectivity index (χ0n) is 21.3. The van der Waals surface area contributed by atoms with Crippen molar-refractivity contribution >= 4 is 23.7 Å². The summed E-state index contributed by atoms with van der Waals surface area (Å²) in [6.45, 7) is 3.93. The second-order valence-electron chi connectivity index (χ2n) is 11.7. The van der Waals surface area contributed by atoms with Crippen LogP contribution in [0.15, 0.2) is 23.0 Å². The van der Waals surface area contributed by atoms with E-state index < -0.39 is 46.8 Å². The average molecular weight is 501 g/mol. The molecule has 4 aliphatic rings. The van der Waals surface area contributed by atoms with E-state index in [9.17, 15) is 19.2 Å². The molecule has 1 saturated heterocycles. The van der Waals surface area contributed by atoms with Crippen LogP contribution in [-0.4, -0.2) is 36.9 Å². The SMILES string of the molecule is COC(=O)[C@@H]1C[C@H](OC(=O)C2CCCCC2)C(=O)[C@H]2[C@@]1(C)CC[C@H]1C(=O)O[C@H](c3ccoc3)C[C@]21C. The summed E-state index contributed by atoms with van der Waals surface area (Å²) < 4.78 is 22.1. The number of ketones is 1. The Hall–Kier alpha value is -2.64. The minimum atomic E-state index is -1.03. The fourth-order valence-corrected chi connectivity index (χ4v) is 7.84. The lowest BCUT2D eigenvalue weighted by atomic mass is 9.43. The second-order valence-corrected chi connectivity index (χ2v) is 11.7. The molecule has 0 bridgehead atoms. The van der Waals surface area contributed by atoms with E-state index in [0.29, 0.717) is 19.3 Å². The fraction of sp³-hybridized carbons (Fsp3) is 0.714. The predicted molar refractivity (Wildman–Crippen MR) is 126 cm³/mol. The van der Waals surface area contributed by atoms with Gasteiger partial charge in [0.1, 0.15) is 6.10 Å². The second kappa shape index (κ2) is 9.34. The molecule has 0 amide bonds. The number of hydrogen-bond acceptors (Lipinski definition) is 8. The Morgan fingerprint density at radius 2 is 1.78 bits per heavy atom. The number of cyclic esters (lactones) is 1. The van der Waals surface area contributed by atoms with Gasteiger partial charge in [0.05, 0.1) is 37.4 Å². The molecule has 0 unspecified atom stereocenters. The van der Waals surface area contributed by atoms with E-state index in [1.54, 1.807) is 12.3 Å². The molecule has 0 spiro atoms. The third-order valence-corrected chi connectivity index (χ3v) is 9.70. The lowest BCUT2D eigenvalue weighted by molar-refractivity contribution is -0.211. The van der Waals surface area contributed by atoms with Crippen molar-refractivity contribution in [1.29, 1.82) is 0 Å². The van der Waals surface area contributed by atoms with E-state index in [0.717, 1.165) is 37.7 Å². The molecule has 0 N–H and O–H groups in total. The first kappa shape index (κ1) is 25.0. The minimum absolute atomic E-state index is 0.118. The number of fused-ring (bicyclic) bond motifs is 3. The first-order valence-electron chi connectivity index (χ1n) is 13.2. The number of esters is 3. The molecule has 1 aromatic rings. The average Bonchev–Trinajstić information content (AvgIpc) is 3.40. The molecule has 2 heterocycles. The topological polar surface area (TPSA) is 109 Å². The zero-order valence-corrected chi connectivity index (χ0v) is 21.3. The molecule has 196 valence electrons. The van der Waals surface area contributed by atoms with Gasteiger partial charge in [-0.25, -0.2) is 0 Å². The summed E-state index contributed by atoms with van der Waals surface area (Å²) in [5, 5.41) is 0. The summed E-state index contributed by atoms with van der Waals surface area (Å²) in [7, 11) is 1.35. The normalized spacial score (nSPS) is 38.9. The maximum atomic E-state index is 14.2. The van der Waals surface area contributed by atoms with Gasteiger partial charge in [0, 0.05) is 17.9 Å². The number of methoxy groups -OCH3 is 1. The highest BCUT2D eigenvalue weighted by atomic mass is 16.6. The van der Waals surface area contributed by atoms with E-state index >= 15 is 0 Å². The Bertz CT molecular complexity index is 1020. The molecule has 7 atom stereocenters. The van der Waals surface area contributed by atoms with Crippen molar-refractivity contribution in [3.8, 4) is 0 Å². The van der Waals surface area contributed by atoms with Gasteiger partial charge in [-0.2, -0.15) is 0 Å². The summed E-state index contributed by atoms with van der Waals surface area (Å²) in [4.78, 5) is 53.5. The number of carbonyl (C=O) groups excluding carboxylic acids is 4. The van der Waals surface area contributed by atoms with Crippen LogP contribution in [-0.2, 0) is 33.4 Å². The minimum Gasteiger partial charge on any atom is -0.472 e. The van der Waals surface area contributed by atoms with E-state index in [4.69, 9.17) is 18.6 Å². The van der Waals surface area contributed by atoms with Gasteiger partial charge in [0.15, 0.2) is 11.9 Å². The molecule has 1 aliphatic heterocycles. The lowest BCUT2D eigenvalue weighted by Crippen LogP contribution is -2.64. The van der Waals surface area contributed by atoms with Crippen molar-refractivity contribution in [2.45, 2.75) is 83.8 Å². The van der Waals surface area contributed by atoms with Crippen molar-refractivity contribution in [2.75, 3.05) is 7.11 Å². The summed E-state index contributed by atoms with van der Waals surface area (Å²) in [5.41, 5.74) is -0.756. The molecule has 36 heavy (non-hydrogen) atoms. The Morgan fingerprint density at radius 3 is 2.44 bits per heavy atom.